The van der Waals surface area contributed by atoms with Crippen molar-refractivity contribution < 1.29 is 24.2 Å². The van der Waals surface area contributed by atoms with E-state index in [1.165, 1.54) is 30.4 Å². The number of rotatable bonds is 7. The second-order valence-electron chi connectivity index (χ2n) is 9.01. The van der Waals surface area contributed by atoms with Crippen LogP contribution in [0.2, 0.25) is 5.02 Å². The zero-order chi connectivity index (χ0) is 27.0. The summed E-state index contributed by atoms with van der Waals surface area (Å²) in [5, 5.41) is 16.5. The Balaban J connectivity index is 1.42. The quantitative estimate of drug-likeness (QED) is 0.262. The van der Waals surface area contributed by atoms with Gasteiger partial charge in [0, 0.05) is 46.4 Å². The number of thiazole rings is 1. The predicted octanol–water partition coefficient (Wildman–Crippen LogP) is 4.62. The highest BCUT2D eigenvalue weighted by molar-refractivity contribution is 7.13. The molecular weight excluding hydrogens is 530 g/mol. The van der Waals surface area contributed by atoms with Crippen LogP contribution < -0.4 is 15.4 Å². The number of hydrogen-bond acceptors (Lipinski definition) is 7. The van der Waals surface area contributed by atoms with Crippen molar-refractivity contribution in [3.63, 3.8) is 0 Å². The number of aromatic amines is 1. The van der Waals surface area contributed by atoms with Gasteiger partial charge in [0.1, 0.15) is 11.4 Å². The molecule has 0 aliphatic carbocycles. The lowest BCUT2D eigenvalue weighted by Crippen LogP contribution is -2.25. The van der Waals surface area contributed by atoms with Crippen LogP contribution in [0.25, 0.3) is 10.9 Å². The van der Waals surface area contributed by atoms with Gasteiger partial charge in [0.2, 0.25) is 0 Å². The molecule has 0 fully saturated rings. The van der Waals surface area contributed by atoms with Crippen LogP contribution in [0.5, 0.6) is 5.75 Å². The Labute approximate surface area is 226 Å². The molecule has 0 bridgehead atoms. The Morgan fingerprint density at radius 1 is 1.13 bits per heavy atom. The van der Waals surface area contributed by atoms with Gasteiger partial charge in [0.15, 0.2) is 11.1 Å². The molecule has 3 heterocycles. The van der Waals surface area contributed by atoms with Gasteiger partial charge in [-0.05, 0) is 50.4 Å². The highest BCUT2D eigenvalue weighted by atomic mass is 35.5. The van der Waals surface area contributed by atoms with E-state index in [1.54, 1.807) is 30.3 Å². The van der Waals surface area contributed by atoms with E-state index in [9.17, 15) is 19.5 Å². The SMILES string of the molecule is CC(Oc1ccc(NC(=O)c2cc3cc(Cl)ccc3[nH]2)c(NC(=O)c2nc3c(s2)CN(C)CC3)c1)C(=O)O. The third kappa shape index (κ3) is 5.49. The molecule has 0 spiro atoms. The van der Waals surface area contributed by atoms with Crippen LogP contribution in [0.1, 0.15) is 37.8 Å². The molecule has 0 radical (unpaired) electrons. The maximum Gasteiger partial charge on any atom is 0.344 e. The van der Waals surface area contributed by atoms with E-state index in [-0.39, 0.29) is 11.4 Å². The smallest absolute Gasteiger partial charge is 0.344 e. The van der Waals surface area contributed by atoms with Crippen LogP contribution >= 0.6 is 22.9 Å². The number of halogens is 1. The summed E-state index contributed by atoms with van der Waals surface area (Å²) in [6.45, 7) is 3.00. The molecule has 2 aromatic heterocycles. The Bertz CT molecular complexity index is 1560. The number of H-pyrrole nitrogens is 1. The first-order valence-corrected chi connectivity index (χ1v) is 13.0. The molecule has 0 saturated carbocycles. The third-order valence-electron chi connectivity index (χ3n) is 6.09. The molecule has 4 aromatic rings. The molecule has 1 unspecified atom stereocenters. The number of carbonyl (C=O) groups is 3. The molecule has 38 heavy (non-hydrogen) atoms. The number of nitrogens with one attached hydrogen (secondary N) is 3. The van der Waals surface area contributed by atoms with Gasteiger partial charge in [-0.2, -0.15) is 0 Å². The molecule has 1 atom stereocenters. The Morgan fingerprint density at radius 2 is 1.92 bits per heavy atom. The number of likely N-dealkylation sites (N-methyl/N-ethyl adjacent to an activating group) is 1. The van der Waals surface area contributed by atoms with Gasteiger partial charge in [0.05, 0.1) is 17.1 Å². The minimum atomic E-state index is -1.13. The molecule has 5 rings (SSSR count). The average molecular weight is 554 g/mol. The monoisotopic (exact) mass is 553 g/mol. The number of hydrogen-bond donors (Lipinski definition) is 4. The normalized spacial score (nSPS) is 14.1. The minimum absolute atomic E-state index is 0.216. The van der Waals surface area contributed by atoms with Crippen molar-refractivity contribution in [2.45, 2.75) is 26.0 Å². The predicted molar refractivity (Wildman–Crippen MR) is 146 cm³/mol. The molecule has 1 aliphatic rings. The lowest BCUT2D eigenvalue weighted by Gasteiger charge is -2.20. The number of anilines is 2. The van der Waals surface area contributed by atoms with Gasteiger partial charge in [-0.15, -0.1) is 11.3 Å². The largest absolute Gasteiger partial charge is 0.479 e. The zero-order valence-electron chi connectivity index (χ0n) is 20.5. The summed E-state index contributed by atoms with van der Waals surface area (Å²) in [6.07, 6.45) is -0.344. The first kappa shape index (κ1) is 25.7. The summed E-state index contributed by atoms with van der Waals surface area (Å²) in [6, 6.07) is 11.5. The van der Waals surface area contributed by atoms with Gasteiger partial charge in [0.25, 0.3) is 11.8 Å². The van der Waals surface area contributed by atoms with Crippen LogP contribution in [-0.2, 0) is 17.8 Å². The molecule has 2 aromatic carbocycles. The molecule has 12 heteroatoms. The second kappa shape index (κ2) is 10.4. The van der Waals surface area contributed by atoms with Crippen LogP contribution in [0.4, 0.5) is 11.4 Å². The van der Waals surface area contributed by atoms with Crippen molar-refractivity contribution in [2.75, 3.05) is 24.2 Å². The zero-order valence-corrected chi connectivity index (χ0v) is 22.1. The van der Waals surface area contributed by atoms with E-state index in [2.05, 4.69) is 25.5 Å². The standard InChI is InChI=1S/C26H24ClN5O5S/c1-13(26(35)36)37-16-4-6-18(29-23(33)21-10-14-9-15(27)3-5-17(14)28-21)20(11-16)30-24(34)25-31-19-7-8-32(2)12-22(19)38-25/h3-6,9-11,13,28H,7-8,12H2,1-2H3,(H,29,33)(H,30,34)(H,35,36). The van der Waals surface area contributed by atoms with E-state index in [0.29, 0.717) is 21.4 Å². The number of carboxylic acids is 1. The maximum atomic E-state index is 13.2. The summed E-state index contributed by atoms with van der Waals surface area (Å²) in [7, 11) is 2.02. The van der Waals surface area contributed by atoms with Gasteiger partial charge in [-0.1, -0.05) is 11.6 Å². The first-order chi connectivity index (χ1) is 18.2. The highest BCUT2D eigenvalue weighted by Crippen LogP contribution is 2.31. The molecule has 4 N–H and O–H groups in total. The molecular formula is C26H24ClN5O5S. The average Bonchev–Trinajstić information content (AvgIpc) is 3.49. The van der Waals surface area contributed by atoms with E-state index < -0.39 is 23.9 Å². The number of carbonyl (C=O) groups excluding carboxylic acids is 2. The Morgan fingerprint density at radius 3 is 2.71 bits per heavy atom. The van der Waals surface area contributed by atoms with Gasteiger partial charge >= 0.3 is 5.97 Å². The fourth-order valence-corrected chi connectivity index (χ4v) is 5.34. The lowest BCUT2D eigenvalue weighted by molar-refractivity contribution is -0.144. The van der Waals surface area contributed by atoms with Crippen LogP contribution in [0.3, 0.4) is 0 Å². The number of carboxylic acid groups (broad SMARTS) is 1. The minimum Gasteiger partial charge on any atom is -0.479 e. The topological polar surface area (TPSA) is 137 Å². The second-order valence-corrected chi connectivity index (χ2v) is 10.5. The van der Waals surface area contributed by atoms with Crippen molar-refractivity contribution >= 4 is 63.0 Å². The van der Waals surface area contributed by atoms with E-state index in [1.807, 2.05) is 7.05 Å². The number of nitrogens with zero attached hydrogens (tertiary/aromatic N) is 2. The molecule has 10 nitrogen and oxygen atoms in total. The summed E-state index contributed by atoms with van der Waals surface area (Å²) in [5.74, 6) is -1.79. The number of amides is 2. The highest BCUT2D eigenvalue weighted by Gasteiger charge is 2.23. The Hall–Kier alpha value is -3.93. The van der Waals surface area contributed by atoms with Gasteiger partial charge in [-0.3, -0.25) is 9.59 Å². The van der Waals surface area contributed by atoms with Crippen molar-refractivity contribution in [1.82, 2.24) is 14.9 Å². The Kier molecular flexibility index (Phi) is 7.06. The number of ether oxygens (including phenoxy) is 1. The van der Waals surface area contributed by atoms with Crippen LogP contribution in [-0.4, -0.2) is 57.5 Å². The maximum absolute atomic E-state index is 13.2. The molecule has 0 saturated heterocycles. The van der Waals surface area contributed by atoms with Crippen LogP contribution in [0.15, 0.2) is 42.5 Å². The van der Waals surface area contributed by atoms with E-state index >= 15 is 0 Å². The van der Waals surface area contributed by atoms with E-state index in [0.717, 1.165) is 41.0 Å². The van der Waals surface area contributed by atoms with Crippen LogP contribution in [0, 0.1) is 0 Å². The van der Waals surface area contributed by atoms with Crippen molar-refractivity contribution in [3.05, 3.63) is 68.8 Å². The van der Waals surface area contributed by atoms with Crippen molar-refractivity contribution in [3.8, 4) is 5.75 Å². The summed E-state index contributed by atoms with van der Waals surface area (Å²) in [4.78, 5) is 48.3. The summed E-state index contributed by atoms with van der Waals surface area (Å²) in [5.41, 5.74) is 2.51. The first-order valence-electron chi connectivity index (χ1n) is 11.8. The fraction of sp³-hybridized carbons (Fsp3) is 0.231. The third-order valence-corrected chi connectivity index (χ3v) is 7.41. The summed E-state index contributed by atoms with van der Waals surface area (Å²) < 4.78 is 5.48. The molecule has 196 valence electrons. The number of fused-ring (bicyclic) bond motifs is 2. The molecule has 2 amide bonds. The lowest BCUT2D eigenvalue weighted by atomic mass is 10.2. The van der Waals surface area contributed by atoms with E-state index in [4.69, 9.17) is 16.3 Å². The molecule has 1 aliphatic heterocycles. The number of benzene rings is 2. The van der Waals surface area contributed by atoms with Gasteiger partial charge in [-0.25, -0.2) is 9.78 Å². The number of aliphatic carboxylic acids is 1. The summed E-state index contributed by atoms with van der Waals surface area (Å²) >= 11 is 7.39. The fourth-order valence-electron chi connectivity index (χ4n) is 4.08. The van der Waals surface area contributed by atoms with Gasteiger partial charge < -0.3 is 30.4 Å². The number of aromatic nitrogens is 2. The van der Waals surface area contributed by atoms with Crippen molar-refractivity contribution in [1.29, 1.82) is 0 Å². The van der Waals surface area contributed by atoms with Crippen molar-refractivity contribution in [2.24, 2.45) is 0 Å².